The second-order valence-electron chi connectivity index (χ2n) is 3.59. The van der Waals surface area contributed by atoms with Crippen LogP contribution in [0.5, 0.6) is 0 Å². The maximum absolute atomic E-state index is 5.93. The Morgan fingerprint density at radius 1 is 1.33 bits per heavy atom. The molecule has 0 radical (unpaired) electrons. The lowest BCUT2D eigenvalue weighted by atomic mass is 10.1. The van der Waals surface area contributed by atoms with Gasteiger partial charge in [0.15, 0.2) is 0 Å². The lowest BCUT2D eigenvalue weighted by molar-refractivity contribution is 1.04. The number of hydrogen-bond acceptors (Lipinski definition) is 2. The zero-order valence-corrected chi connectivity index (χ0v) is 9.04. The van der Waals surface area contributed by atoms with Crippen molar-refractivity contribution in [1.82, 2.24) is 9.97 Å². The number of H-pyrrole nitrogens is 1. The first-order valence-electron chi connectivity index (χ1n) is 5.12. The van der Waals surface area contributed by atoms with Crippen LogP contribution in [0.15, 0.2) is 24.3 Å². The van der Waals surface area contributed by atoms with Crippen molar-refractivity contribution in [1.29, 1.82) is 0 Å². The molecule has 2 aromatic rings. The molecule has 78 valence electrons. The van der Waals surface area contributed by atoms with E-state index in [0.29, 0.717) is 0 Å². The largest absolute Gasteiger partial charge is 0.398 e. The van der Waals surface area contributed by atoms with Gasteiger partial charge in [-0.15, -0.1) is 0 Å². The molecule has 0 bridgehead atoms. The Balaban J connectivity index is 2.58. The second kappa shape index (κ2) is 3.77. The zero-order valence-electron chi connectivity index (χ0n) is 9.04. The summed E-state index contributed by atoms with van der Waals surface area (Å²) in [6.45, 7) is 4.07. The van der Waals surface area contributed by atoms with E-state index in [9.17, 15) is 0 Å². The maximum atomic E-state index is 5.93. The first-order chi connectivity index (χ1) is 7.22. The Morgan fingerprint density at radius 2 is 2.07 bits per heavy atom. The van der Waals surface area contributed by atoms with E-state index in [0.717, 1.165) is 34.9 Å². The summed E-state index contributed by atoms with van der Waals surface area (Å²) in [5, 5.41) is 0. The number of benzene rings is 1. The van der Waals surface area contributed by atoms with Gasteiger partial charge in [0.05, 0.1) is 5.69 Å². The van der Waals surface area contributed by atoms with Gasteiger partial charge in [-0.25, -0.2) is 4.98 Å². The van der Waals surface area contributed by atoms with Gasteiger partial charge in [-0.2, -0.15) is 0 Å². The van der Waals surface area contributed by atoms with Gasteiger partial charge < -0.3 is 10.7 Å². The number of hydrogen-bond donors (Lipinski definition) is 2. The number of para-hydroxylation sites is 1. The van der Waals surface area contributed by atoms with Gasteiger partial charge in [-0.3, -0.25) is 0 Å². The maximum Gasteiger partial charge on any atom is 0.103 e. The SMILES string of the molecule is CCc1[nH]c(C)nc1-c1ccccc1N. The molecule has 0 unspecified atom stereocenters. The topological polar surface area (TPSA) is 54.7 Å². The molecule has 0 aliphatic carbocycles. The molecule has 1 aromatic heterocycles. The predicted octanol–water partition coefficient (Wildman–Crippen LogP) is 2.53. The van der Waals surface area contributed by atoms with E-state index in [-0.39, 0.29) is 0 Å². The summed E-state index contributed by atoms with van der Waals surface area (Å²) in [6.07, 6.45) is 0.935. The summed E-state index contributed by atoms with van der Waals surface area (Å²) in [7, 11) is 0. The molecule has 0 saturated carbocycles. The highest BCUT2D eigenvalue weighted by Crippen LogP contribution is 2.27. The number of anilines is 1. The predicted molar refractivity (Wildman–Crippen MR) is 62.6 cm³/mol. The van der Waals surface area contributed by atoms with E-state index >= 15 is 0 Å². The summed E-state index contributed by atoms with van der Waals surface area (Å²) in [5.74, 6) is 0.935. The van der Waals surface area contributed by atoms with Crippen molar-refractivity contribution in [2.45, 2.75) is 20.3 Å². The third-order valence-corrected chi connectivity index (χ3v) is 2.47. The van der Waals surface area contributed by atoms with Crippen LogP contribution in [0.1, 0.15) is 18.4 Å². The van der Waals surface area contributed by atoms with Crippen LogP contribution in [0.3, 0.4) is 0 Å². The van der Waals surface area contributed by atoms with Crippen molar-refractivity contribution in [3.05, 3.63) is 35.8 Å². The molecule has 1 aromatic carbocycles. The average Bonchev–Trinajstić information content (AvgIpc) is 2.60. The van der Waals surface area contributed by atoms with Gasteiger partial charge in [-0.05, 0) is 19.4 Å². The molecule has 0 fully saturated rings. The molecule has 3 heteroatoms. The number of nitrogens with zero attached hydrogens (tertiary/aromatic N) is 1. The molecular weight excluding hydrogens is 186 g/mol. The summed E-state index contributed by atoms with van der Waals surface area (Å²) in [5.41, 5.74) is 9.84. The second-order valence-corrected chi connectivity index (χ2v) is 3.59. The molecule has 2 rings (SSSR count). The van der Waals surface area contributed by atoms with E-state index in [2.05, 4.69) is 16.9 Å². The number of aromatic nitrogens is 2. The molecular formula is C12H15N3. The smallest absolute Gasteiger partial charge is 0.103 e. The third kappa shape index (κ3) is 1.73. The summed E-state index contributed by atoms with van der Waals surface area (Å²) >= 11 is 0. The molecule has 15 heavy (non-hydrogen) atoms. The third-order valence-electron chi connectivity index (χ3n) is 2.47. The highest BCUT2D eigenvalue weighted by atomic mass is 14.9. The van der Waals surface area contributed by atoms with Crippen LogP contribution in [-0.2, 0) is 6.42 Å². The molecule has 3 N–H and O–H groups in total. The van der Waals surface area contributed by atoms with Crippen LogP contribution < -0.4 is 5.73 Å². The van der Waals surface area contributed by atoms with Crippen molar-refractivity contribution < 1.29 is 0 Å². The molecule has 0 atom stereocenters. The van der Waals surface area contributed by atoms with Crippen LogP contribution in [0.25, 0.3) is 11.3 Å². The van der Waals surface area contributed by atoms with E-state index in [1.807, 2.05) is 31.2 Å². The molecule has 3 nitrogen and oxygen atoms in total. The minimum absolute atomic E-state index is 0.777. The van der Waals surface area contributed by atoms with Crippen LogP contribution in [0.2, 0.25) is 0 Å². The molecule has 0 amide bonds. The van der Waals surface area contributed by atoms with Crippen molar-refractivity contribution in [2.75, 3.05) is 5.73 Å². The first-order valence-corrected chi connectivity index (χ1v) is 5.12. The van der Waals surface area contributed by atoms with Crippen LogP contribution >= 0.6 is 0 Å². The molecule has 0 spiro atoms. The summed E-state index contributed by atoms with van der Waals surface area (Å²) in [4.78, 5) is 7.73. The van der Waals surface area contributed by atoms with Gasteiger partial charge >= 0.3 is 0 Å². The monoisotopic (exact) mass is 201 g/mol. The van der Waals surface area contributed by atoms with Gasteiger partial charge in [-0.1, -0.05) is 25.1 Å². The lowest BCUT2D eigenvalue weighted by Crippen LogP contribution is -1.92. The minimum atomic E-state index is 0.777. The Labute approximate surface area is 89.4 Å². The molecule has 1 heterocycles. The Bertz CT molecular complexity index is 471. The average molecular weight is 201 g/mol. The molecule has 0 aliphatic heterocycles. The van der Waals surface area contributed by atoms with Gasteiger partial charge in [0.25, 0.3) is 0 Å². The lowest BCUT2D eigenvalue weighted by Gasteiger charge is -2.03. The molecule has 0 aliphatic rings. The number of nitrogen functional groups attached to an aromatic ring is 1. The fourth-order valence-electron chi connectivity index (χ4n) is 1.73. The number of rotatable bonds is 2. The van der Waals surface area contributed by atoms with E-state index in [4.69, 9.17) is 5.73 Å². The van der Waals surface area contributed by atoms with E-state index in [1.54, 1.807) is 0 Å². The quantitative estimate of drug-likeness (QED) is 0.733. The Hall–Kier alpha value is -1.77. The van der Waals surface area contributed by atoms with Crippen LogP contribution in [-0.4, -0.2) is 9.97 Å². The summed E-state index contributed by atoms with van der Waals surface area (Å²) < 4.78 is 0. The van der Waals surface area contributed by atoms with Crippen molar-refractivity contribution >= 4 is 5.69 Å². The van der Waals surface area contributed by atoms with Crippen molar-refractivity contribution in [2.24, 2.45) is 0 Å². The minimum Gasteiger partial charge on any atom is -0.398 e. The number of nitrogens with one attached hydrogen (secondary N) is 1. The van der Waals surface area contributed by atoms with Gasteiger partial charge in [0.1, 0.15) is 5.82 Å². The number of aryl methyl sites for hydroxylation is 2. The van der Waals surface area contributed by atoms with Gasteiger partial charge in [0, 0.05) is 16.9 Å². The molecule has 0 saturated heterocycles. The Morgan fingerprint density at radius 3 is 2.73 bits per heavy atom. The van der Waals surface area contributed by atoms with Crippen LogP contribution in [0.4, 0.5) is 5.69 Å². The number of aromatic amines is 1. The van der Waals surface area contributed by atoms with Gasteiger partial charge in [0.2, 0.25) is 0 Å². The highest BCUT2D eigenvalue weighted by molar-refractivity contribution is 5.75. The van der Waals surface area contributed by atoms with Crippen molar-refractivity contribution in [3.8, 4) is 11.3 Å². The number of nitrogens with two attached hydrogens (primary N) is 1. The van der Waals surface area contributed by atoms with Crippen LogP contribution in [0, 0.1) is 6.92 Å². The van der Waals surface area contributed by atoms with Crippen molar-refractivity contribution in [3.63, 3.8) is 0 Å². The summed E-state index contributed by atoms with van der Waals surface area (Å²) in [6, 6.07) is 7.82. The normalized spacial score (nSPS) is 10.5. The van der Waals surface area contributed by atoms with E-state index in [1.165, 1.54) is 0 Å². The fourth-order valence-corrected chi connectivity index (χ4v) is 1.73. The van der Waals surface area contributed by atoms with E-state index < -0.39 is 0 Å². The standard InChI is InChI=1S/C12H15N3/c1-3-11-12(15-8(2)14-11)9-6-4-5-7-10(9)13/h4-7H,3,13H2,1-2H3,(H,14,15). The Kier molecular flexibility index (Phi) is 2.46. The first kappa shape index (κ1) is 9.77. The fraction of sp³-hybridized carbons (Fsp3) is 0.250. The highest BCUT2D eigenvalue weighted by Gasteiger charge is 2.10. The zero-order chi connectivity index (χ0) is 10.8. The number of imidazole rings is 1.